The van der Waals surface area contributed by atoms with Crippen LogP contribution in [-0.2, 0) is 4.79 Å². The van der Waals surface area contributed by atoms with Gasteiger partial charge >= 0.3 is 0 Å². The van der Waals surface area contributed by atoms with Crippen LogP contribution in [0.3, 0.4) is 0 Å². The Morgan fingerprint density at radius 2 is 2.10 bits per heavy atom. The zero-order valence-electron chi connectivity index (χ0n) is 13.9. The van der Waals surface area contributed by atoms with Gasteiger partial charge in [0.2, 0.25) is 0 Å². The Morgan fingerprint density at radius 3 is 2.76 bits per heavy atom. The topological polar surface area (TPSA) is 43.8 Å². The lowest BCUT2D eigenvalue weighted by atomic mass is 9.78. The van der Waals surface area contributed by atoms with Crippen LogP contribution in [-0.4, -0.2) is 66.6 Å². The van der Waals surface area contributed by atoms with Gasteiger partial charge in [-0.3, -0.25) is 9.69 Å². The third-order valence-electron chi connectivity index (χ3n) is 5.11. The first-order valence-corrected chi connectivity index (χ1v) is 8.59. The fourth-order valence-electron chi connectivity index (χ4n) is 4.12. The Labute approximate surface area is 129 Å². The second-order valence-electron chi connectivity index (χ2n) is 7.35. The van der Waals surface area contributed by atoms with Crippen LogP contribution in [0, 0.1) is 11.8 Å². The third-order valence-corrected chi connectivity index (χ3v) is 5.11. The molecule has 1 saturated carbocycles. The van der Waals surface area contributed by atoms with E-state index in [-0.39, 0.29) is 12.0 Å². The predicted molar refractivity (Wildman–Crippen MR) is 85.3 cm³/mol. The number of β-amino-alcohol motifs (C(OH)–C–C–N with tert-alkyl or cyclic N) is 1. The smallest absolute Gasteiger partial charge is 0.137 e. The molecule has 2 rings (SSSR count). The number of aliphatic hydroxyl groups excluding tert-OH is 1. The largest absolute Gasteiger partial charge is 0.392 e. The minimum Gasteiger partial charge on any atom is -0.392 e. The van der Waals surface area contributed by atoms with E-state index < -0.39 is 0 Å². The SMILES string of the molecule is CCCC1CCC(=O)C(CN2CC(O)CC2CN(C)C)C1. The third kappa shape index (κ3) is 4.76. The first kappa shape index (κ1) is 16.9. The molecule has 0 spiro atoms. The predicted octanol–water partition coefficient (Wildman–Crippen LogP) is 1.77. The molecule has 0 amide bonds. The van der Waals surface area contributed by atoms with E-state index in [4.69, 9.17) is 0 Å². The number of rotatable bonds is 6. The van der Waals surface area contributed by atoms with E-state index in [0.717, 1.165) is 51.2 Å². The minimum atomic E-state index is -0.222. The molecule has 1 saturated heterocycles. The lowest BCUT2D eigenvalue weighted by Crippen LogP contribution is -2.43. The van der Waals surface area contributed by atoms with Gasteiger partial charge in [-0.05, 0) is 39.3 Å². The lowest BCUT2D eigenvalue weighted by molar-refractivity contribution is -0.126. The number of aliphatic hydroxyl groups is 1. The second-order valence-corrected chi connectivity index (χ2v) is 7.35. The first-order chi connectivity index (χ1) is 9.99. The molecule has 4 atom stereocenters. The molecule has 1 N–H and O–H groups in total. The maximum absolute atomic E-state index is 12.2. The number of hydrogen-bond donors (Lipinski definition) is 1. The standard InChI is InChI=1S/C17H32N2O2/c1-4-5-13-6-7-17(21)14(8-13)10-19-12-16(20)9-15(19)11-18(2)3/h13-16,20H,4-12H2,1-3H3. The summed E-state index contributed by atoms with van der Waals surface area (Å²) in [6.07, 6.45) is 6.02. The molecule has 1 heterocycles. The van der Waals surface area contributed by atoms with Crippen LogP contribution in [0.5, 0.6) is 0 Å². The first-order valence-electron chi connectivity index (χ1n) is 8.59. The molecule has 4 heteroatoms. The van der Waals surface area contributed by atoms with Crippen molar-refractivity contribution in [1.29, 1.82) is 0 Å². The molecule has 1 aliphatic carbocycles. The van der Waals surface area contributed by atoms with E-state index in [1.54, 1.807) is 0 Å². The molecule has 2 aliphatic rings. The summed E-state index contributed by atoms with van der Waals surface area (Å²) in [4.78, 5) is 16.8. The van der Waals surface area contributed by atoms with E-state index in [0.29, 0.717) is 11.8 Å². The van der Waals surface area contributed by atoms with Crippen LogP contribution >= 0.6 is 0 Å². The molecular weight excluding hydrogens is 264 g/mol. The van der Waals surface area contributed by atoms with Crippen LogP contribution in [0.1, 0.15) is 45.4 Å². The summed E-state index contributed by atoms with van der Waals surface area (Å²) in [7, 11) is 4.15. The van der Waals surface area contributed by atoms with Gasteiger partial charge in [0.05, 0.1) is 6.10 Å². The van der Waals surface area contributed by atoms with E-state index >= 15 is 0 Å². The summed E-state index contributed by atoms with van der Waals surface area (Å²) < 4.78 is 0. The van der Waals surface area contributed by atoms with E-state index in [1.807, 2.05) is 0 Å². The molecular formula is C17H32N2O2. The summed E-state index contributed by atoms with van der Waals surface area (Å²) in [6.45, 7) is 4.79. The van der Waals surface area contributed by atoms with Gasteiger partial charge in [-0.2, -0.15) is 0 Å². The second kappa shape index (κ2) is 7.70. The Kier molecular flexibility index (Phi) is 6.20. The van der Waals surface area contributed by atoms with Crippen molar-refractivity contribution in [3.05, 3.63) is 0 Å². The summed E-state index contributed by atoms with van der Waals surface area (Å²) in [5, 5.41) is 9.97. The molecule has 0 bridgehead atoms. The fourth-order valence-corrected chi connectivity index (χ4v) is 4.12. The van der Waals surface area contributed by atoms with Crippen LogP contribution < -0.4 is 0 Å². The van der Waals surface area contributed by atoms with Crippen molar-refractivity contribution >= 4 is 5.78 Å². The minimum absolute atomic E-state index is 0.199. The molecule has 2 fully saturated rings. The average molecular weight is 296 g/mol. The Bertz CT molecular complexity index is 346. The van der Waals surface area contributed by atoms with Gasteiger partial charge in [-0.15, -0.1) is 0 Å². The fraction of sp³-hybridized carbons (Fsp3) is 0.941. The molecule has 4 unspecified atom stereocenters. The number of likely N-dealkylation sites (tertiary alicyclic amines) is 1. The number of likely N-dealkylation sites (N-methyl/N-ethyl adjacent to an activating group) is 1. The van der Waals surface area contributed by atoms with E-state index in [9.17, 15) is 9.90 Å². The van der Waals surface area contributed by atoms with Crippen molar-refractivity contribution in [3.63, 3.8) is 0 Å². The number of hydrogen-bond acceptors (Lipinski definition) is 4. The molecule has 21 heavy (non-hydrogen) atoms. The molecule has 0 aromatic heterocycles. The quantitative estimate of drug-likeness (QED) is 0.811. The van der Waals surface area contributed by atoms with Crippen molar-refractivity contribution in [2.75, 3.05) is 33.7 Å². The van der Waals surface area contributed by atoms with Crippen molar-refractivity contribution in [1.82, 2.24) is 9.80 Å². The van der Waals surface area contributed by atoms with Gasteiger partial charge in [0.25, 0.3) is 0 Å². The van der Waals surface area contributed by atoms with Gasteiger partial charge in [-0.25, -0.2) is 0 Å². The van der Waals surface area contributed by atoms with Crippen LogP contribution in [0.25, 0.3) is 0 Å². The molecule has 0 aromatic carbocycles. The average Bonchev–Trinajstić information content (AvgIpc) is 2.73. The number of carbonyl (C=O) groups excluding carboxylic acids is 1. The highest BCUT2D eigenvalue weighted by molar-refractivity contribution is 5.82. The number of nitrogens with zero attached hydrogens (tertiary/aromatic N) is 2. The lowest BCUT2D eigenvalue weighted by Gasteiger charge is -2.33. The Hall–Kier alpha value is -0.450. The van der Waals surface area contributed by atoms with Gasteiger partial charge in [0.15, 0.2) is 0 Å². The molecule has 122 valence electrons. The van der Waals surface area contributed by atoms with Crippen molar-refractivity contribution in [2.24, 2.45) is 11.8 Å². The van der Waals surface area contributed by atoms with Crippen LogP contribution in [0.15, 0.2) is 0 Å². The summed E-state index contributed by atoms with van der Waals surface area (Å²) in [5.74, 6) is 1.38. The maximum Gasteiger partial charge on any atom is 0.137 e. The normalized spacial score (nSPS) is 34.8. The summed E-state index contributed by atoms with van der Waals surface area (Å²) in [5.41, 5.74) is 0. The number of Topliss-reactive ketones (excluding diaryl/α,β-unsaturated/α-hetero) is 1. The Balaban J connectivity index is 1.92. The zero-order valence-corrected chi connectivity index (χ0v) is 13.9. The highest BCUT2D eigenvalue weighted by Crippen LogP contribution is 2.31. The molecule has 4 nitrogen and oxygen atoms in total. The summed E-state index contributed by atoms with van der Waals surface area (Å²) >= 11 is 0. The highest BCUT2D eigenvalue weighted by Gasteiger charge is 2.36. The van der Waals surface area contributed by atoms with Gasteiger partial charge in [0, 0.05) is 38.0 Å². The summed E-state index contributed by atoms with van der Waals surface area (Å²) in [6, 6.07) is 0.398. The zero-order chi connectivity index (χ0) is 15.4. The monoisotopic (exact) mass is 296 g/mol. The van der Waals surface area contributed by atoms with Crippen molar-refractivity contribution in [3.8, 4) is 0 Å². The van der Waals surface area contributed by atoms with Crippen molar-refractivity contribution in [2.45, 2.75) is 57.6 Å². The molecule has 0 radical (unpaired) electrons. The van der Waals surface area contributed by atoms with Crippen LogP contribution in [0.2, 0.25) is 0 Å². The van der Waals surface area contributed by atoms with Crippen LogP contribution in [0.4, 0.5) is 0 Å². The number of ketones is 1. The molecule has 0 aromatic rings. The van der Waals surface area contributed by atoms with E-state index in [1.165, 1.54) is 12.8 Å². The molecule has 1 aliphatic heterocycles. The van der Waals surface area contributed by atoms with Gasteiger partial charge < -0.3 is 10.0 Å². The highest BCUT2D eigenvalue weighted by atomic mass is 16.3. The van der Waals surface area contributed by atoms with Gasteiger partial charge in [-0.1, -0.05) is 19.8 Å². The maximum atomic E-state index is 12.2. The Morgan fingerprint density at radius 1 is 1.33 bits per heavy atom. The van der Waals surface area contributed by atoms with Crippen molar-refractivity contribution < 1.29 is 9.90 Å². The van der Waals surface area contributed by atoms with Gasteiger partial charge in [0.1, 0.15) is 5.78 Å². The number of carbonyl (C=O) groups is 1. The van der Waals surface area contributed by atoms with E-state index in [2.05, 4.69) is 30.8 Å².